The Morgan fingerprint density at radius 2 is 2.53 bits per heavy atom. The lowest BCUT2D eigenvalue weighted by Crippen LogP contribution is -2.36. The molecule has 2 N–H and O–H groups in total. The molecule has 0 radical (unpaired) electrons. The van der Waals surface area contributed by atoms with Crippen molar-refractivity contribution in [2.45, 2.75) is 12.6 Å². The van der Waals surface area contributed by atoms with Crippen molar-refractivity contribution in [2.75, 3.05) is 26.8 Å². The van der Waals surface area contributed by atoms with Crippen molar-refractivity contribution in [1.29, 1.82) is 0 Å². The van der Waals surface area contributed by atoms with Gasteiger partial charge in [0, 0.05) is 30.4 Å². The van der Waals surface area contributed by atoms with Gasteiger partial charge in [-0.2, -0.15) is 0 Å². The van der Waals surface area contributed by atoms with Gasteiger partial charge in [-0.05, 0) is 7.05 Å². The van der Waals surface area contributed by atoms with Gasteiger partial charge in [0.15, 0.2) is 0 Å². The van der Waals surface area contributed by atoms with E-state index >= 15 is 0 Å². The monoisotopic (exact) mass is 227 g/mol. The van der Waals surface area contributed by atoms with Crippen molar-refractivity contribution in [1.82, 2.24) is 9.88 Å². The smallest absolute Gasteiger partial charge is 0.0795 e. The summed E-state index contributed by atoms with van der Waals surface area (Å²) in [6, 6.07) is 0.197. The zero-order chi connectivity index (χ0) is 10.7. The van der Waals surface area contributed by atoms with Crippen LogP contribution < -0.4 is 5.73 Å². The second-order valence-corrected chi connectivity index (χ2v) is 4.86. The maximum absolute atomic E-state index is 5.94. The van der Waals surface area contributed by atoms with E-state index in [0.29, 0.717) is 12.5 Å². The first-order valence-corrected chi connectivity index (χ1v) is 6.09. The number of thiazole rings is 1. The Labute approximate surface area is 94.1 Å². The number of ether oxygens (including phenoxy) is 1. The molecule has 2 rings (SSSR count). The van der Waals surface area contributed by atoms with E-state index in [1.807, 2.05) is 5.51 Å². The van der Waals surface area contributed by atoms with E-state index in [9.17, 15) is 0 Å². The Morgan fingerprint density at radius 3 is 3.13 bits per heavy atom. The summed E-state index contributed by atoms with van der Waals surface area (Å²) in [5.74, 6) is 0.466. The molecular weight excluding hydrogens is 210 g/mol. The molecule has 0 aromatic carbocycles. The Hall–Kier alpha value is -0.490. The first kappa shape index (κ1) is 11.0. The van der Waals surface area contributed by atoms with Crippen LogP contribution in [-0.2, 0) is 11.3 Å². The van der Waals surface area contributed by atoms with Crippen molar-refractivity contribution in [3.8, 4) is 0 Å². The number of rotatable bonds is 4. The summed E-state index contributed by atoms with van der Waals surface area (Å²) in [4.78, 5) is 6.52. The highest BCUT2D eigenvalue weighted by Crippen LogP contribution is 2.14. The first-order chi connectivity index (χ1) is 7.25. The third-order valence-corrected chi connectivity index (χ3v) is 3.34. The van der Waals surface area contributed by atoms with Gasteiger partial charge in [-0.15, -0.1) is 11.3 Å². The quantitative estimate of drug-likeness (QED) is 0.816. The van der Waals surface area contributed by atoms with Crippen LogP contribution in [-0.4, -0.2) is 42.7 Å². The van der Waals surface area contributed by atoms with Gasteiger partial charge in [0.05, 0.1) is 24.4 Å². The van der Waals surface area contributed by atoms with Crippen LogP contribution in [0.4, 0.5) is 0 Å². The first-order valence-electron chi connectivity index (χ1n) is 5.14. The molecule has 0 aliphatic carbocycles. The molecule has 1 aliphatic heterocycles. The fourth-order valence-electron chi connectivity index (χ4n) is 1.86. The lowest BCUT2D eigenvalue weighted by atomic mass is 10.0. The lowest BCUT2D eigenvalue weighted by Gasteiger charge is -2.21. The van der Waals surface area contributed by atoms with Crippen molar-refractivity contribution in [3.63, 3.8) is 0 Å². The third kappa shape index (κ3) is 2.98. The predicted octanol–water partition coefficient (Wildman–Crippen LogP) is 0.549. The van der Waals surface area contributed by atoms with E-state index in [-0.39, 0.29) is 6.04 Å². The summed E-state index contributed by atoms with van der Waals surface area (Å²) in [7, 11) is 2.10. The zero-order valence-electron chi connectivity index (χ0n) is 8.93. The van der Waals surface area contributed by atoms with Crippen LogP contribution in [0, 0.1) is 5.92 Å². The Morgan fingerprint density at radius 1 is 1.67 bits per heavy atom. The molecule has 4 nitrogen and oxygen atoms in total. The number of nitrogens with zero attached hydrogens (tertiary/aromatic N) is 2. The molecule has 1 aromatic heterocycles. The highest BCUT2D eigenvalue weighted by Gasteiger charge is 2.25. The van der Waals surface area contributed by atoms with Gasteiger partial charge in [-0.25, -0.2) is 4.98 Å². The number of nitrogens with two attached hydrogens (primary N) is 1. The Balaban J connectivity index is 1.79. The molecule has 84 valence electrons. The van der Waals surface area contributed by atoms with Gasteiger partial charge >= 0.3 is 0 Å². The molecule has 0 amide bonds. The summed E-state index contributed by atoms with van der Waals surface area (Å²) in [5, 5.41) is 2.08. The van der Waals surface area contributed by atoms with E-state index < -0.39 is 0 Å². The minimum absolute atomic E-state index is 0.197. The van der Waals surface area contributed by atoms with Gasteiger partial charge in [0.1, 0.15) is 0 Å². The number of hydrogen-bond acceptors (Lipinski definition) is 5. The minimum Gasteiger partial charge on any atom is -0.379 e. The summed E-state index contributed by atoms with van der Waals surface area (Å²) in [6.45, 7) is 3.38. The second-order valence-electron chi connectivity index (χ2n) is 4.14. The van der Waals surface area contributed by atoms with Gasteiger partial charge in [-0.1, -0.05) is 0 Å². The van der Waals surface area contributed by atoms with Crippen LogP contribution in [0.15, 0.2) is 10.9 Å². The van der Waals surface area contributed by atoms with Gasteiger partial charge in [0.2, 0.25) is 0 Å². The number of aromatic nitrogens is 1. The van der Waals surface area contributed by atoms with E-state index in [0.717, 1.165) is 25.4 Å². The summed E-state index contributed by atoms with van der Waals surface area (Å²) in [5.41, 5.74) is 8.94. The standard InChI is InChI=1S/C10H17N3OS/c1-13(3-9-6-15-7-12-9)2-8-4-14-5-10(8)11/h6-8,10H,2-5,11H2,1H3. The Bertz CT molecular complexity index is 291. The molecule has 0 bridgehead atoms. The fraction of sp³-hybridized carbons (Fsp3) is 0.700. The molecule has 0 spiro atoms. The number of hydrogen-bond donors (Lipinski definition) is 1. The van der Waals surface area contributed by atoms with Crippen LogP contribution in [0.5, 0.6) is 0 Å². The lowest BCUT2D eigenvalue weighted by molar-refractivity contribution is 0.172. The summed E-state index contributed by atoms with van der Waals surface area (Å²) in [6.07, 6.45) is 0. The van der Waals surface area contributed by atoms with Crippen LogP contribution in [0.3, 0.4) is 0 Å². The van der Waals surface area contributed by atoms with E-state index in [2.05, 4.69) is 22.3 Å². The van der Waals surface area contributed by atoms with E-state index in [4.69, 9.17) is 10.5 Å². The molecule has 1 fully saturated rings. The molecule has 2 heterocycles. The SMILES string of the molecule is CN(Cc1cscn1)CC1COCC1N. The van der Waals surface area contributed by atoms with Crippen LogP contribution in [0.1, 0.15) is 5.69 Å². The molecule has 1 aromatic rings. The van der Waals surface area contributed by atoms with Gasteiger partial charge < -0.3 is 15.4 Å². The average Bonchev–Trinajstić information content (AvgIpc) is 2.79. The van der Waals surface area contributed by atoms with E-state index in [1.54, 1.807) is 11.3 Å². The minimum atomic E-state index is 0.197. The molecular formula is C10H17N3OS. The maximum Gasteiger partial charge on any atom is 0.0795 e. The highest BCUT2D eigenvalue weighted by molar-refractivity contribution is 7.07. The Kier molecular flexibility index (Phi) is 3.69. The highest BCUT2D eigenvalue weighted by atomic mass is 32.1. The third-order valence-electron chi connectivity index (χ3n) is 2.71. The van der Waals surface area contributed by atoms with Crippen molar-refractivity contribution < 1.29 is 4.74 Å². The van der Waals surface area contributed by atoms with Gasteiger partial charge in [-0.3, -0.25) is 0 Å². The second kappa shape index (κ2) is 5.03. The van der Waals surface area contributed by atoms with Crippen LogP contribution >= 0.6 is 11.3 Å². The normalized spacial score (nSPS) is 26.3. The molecule has 2 atom stereocenters. The van der Waals surface area contributed by atoms with Crippen LogP contribution in [0.2, 0.25) is 0 Å². The van der Waals surface area contributed by atoms with Gasteiger partial charge in [0.25, 0.3) is 0 Å². The molecule has 15 heavy (non-hydrogen) atoms. The summed E-state index contributed by atoms with van der Waals surface area (Å²) >= 11 is 1.64. The summed E-state index contributed by atoms with van der Waals surface area (Å²) < 4.78 is 5.34. The molecule has 0 saturated carbocycles. The van der Waals surface area contributed by atoms with E-state index in [1.165, 1.54) is 0 Å². The van der Waals surface area contributed by atoms with Crippen molar-refractivity contribution >= 4 is 11.3 Å². The molecule has 1 aliphatic rings. The largest absolute Gasteiger partial charge is 0.379 e. The molecule has 5 heteroatoms. The topological polar surface area (TPSA) is 51.4 Å². The predicted molar refractivity (Wildman–Crippen MR) is 60.7 cm³/mol. The van der Waals surface area contributed by atoms with Crippen LogP contribution in [0.25, 0.3) is 0 Å². The van der Waals surface area contributed by atoms with Crippen molar-refractivity contribution in [2.24, 2.45) is 11.7 Å². The molecule has 2 unspecified atom stereocenters. The maximum atomic E-state index is 5.94. The van der Waals surface area contributed by atoms with Crippen molar-refractivity contribution in [3.05, 3.63) is 16.6 Å². The zero-order valence-corrected chi connectivity index (χ0v) is 9.74. The molecule has 1 saturated heterocycles. The fourth-order valence-corrected chi connectivity index (χ4v) is 2.41. The average molecular weight is 227 g/mol.